The van der Waals surface area contributed by atoms with Gasteiger partial charge in [-0.2, -0.15) is 5.26 Å². The normalized spacial score (nSPS) is 12.8. The minimum Gasteiger partial charge on any atom is -0.398 e. The number of para-hydroxylation sites is 1. The smallest absolute Gasteiger partial charge is 0.244 e. The van der Waals surface area contributed by atoms with Gasteiger partial charge in [0.05, 0.1) is 16.3 Å². The van der Waals surface area contributed by atoms with Gasteiger partial charge < -0.3 is 10.3 Å². The lowest BCUT2D eigenvalue weighted by molar-refractivity contribution is 0.492. The number of anilines is 1. The molecule has 0 aliphatic heterocycles. The van der Waals surface area contributed by atoms with Gasteiger partial charge in [-0.25, -0.2) is 13.1 Å². The summed E-state index contributed by atoms with van der Waals surface area (Å²) in [4.78, 5) is -0.188. The predicted octanol–water partition coefficient (Wildman–Crippen LogP) is 4.16. The molecular formula is C19H18Cl2N4O2S. The SMILES string of the molecule is CCC(Cn1cc(C#N)c2ccccc21)NS(=O)(=O)c1c(N)cc(Cl)cc1Cl. The van der Waals surface area contributed by atoms with Crippen molar-refractivity contribution in [1.29, 1.82) is 5.26 Å². The maximum Gasteiger partial charge on any atom is 0.244 e. The van der Waals surface area contributed by atoms with Crippen LogP contribution in [0.25, 0.3) is 10.9 Å². The fourth-order valence-electron chi connectivity index (χ4n) is 3.12. The summed E-state index contributed by atoms with van der Waals surface area (Å²) in [5.41, 5.74) is 7.23. The summed E-state index contributed by atoms with van der Waals surface area (Å²) in [6.07, 6.45) is 2.25. The molecule has 1 heterocycles. The highest BCUT2D eigenvalue weighted by Gasteiger charge is 2.25. The van der Waals surface area contributed by atoms with Crippen molar-refractivity contribution in [2.24, 2.45) is 0 Å². The van der Waals surface area contributed by atoms with Crippen LogP contribution in [0, 0.1) is 11.3 Å². The van der Waals surface area contributed by atoms with E-state index >= 15 is 0 Å². The Morgan fingerprint density at radius 2 is 2.00 bits per heavy atom. The van der Waals surface area contributed by atoms with Gasteiger partial charge in [-0.3, -0.25) is 0 Å². The number of fused-ring (bicyclic) bond motifs is 1. The van der Waals surface area contributed by atoms with Crippen LogP contribution in [0.5, 0.6) is 0 Å². The van der Waals surface area contributed by atoms with Crippen molar-refractivity contribution in [3.05, 3.63) is 58.2 Å². The zero-order chi connectivity index (χ0) is 20.5. The number of nitrogen functional groups attached to an aromatic ring is 1. The molecule has 3 N–H and O–H groups in total. The number of benzene rings is 2. The van der Waals surface area contributed by atoms with Gasteiger partial charge >= 0.3 is 0 Å². The quantitative estimate of drug-likeness (QED) is 0.566. The van der Waals surface area contributed by atoms with Crippen molar-refractivity contribution >= 4 is 49.8 Å². The molecule has 0 aliphatic carbocycles. The molecule has 146 valence electrons. The molecule has 1 atom stereocenters. The van der Waals surface area contributed by atoms with Gasteiger partial charge in [0.15, 0.2) is 0 Å². The van der Waals surface area contributed by atoms with Gasteiger partial charge in [0, 0.05) is 34.7 Å². The maximum atomic E-state index is 12.9. The number of halogens is 2. The topological polar surface area (TPSA) is 101 Å². The molecule has 1 aromatic heterocycles. The minimum atomic E-state index is -3.97. The van der Waals surface area contributed by atoms with Crippen molar-refractivity contribution in [3.8, 4) is 6.07 Å². The van der Waals surface area contributed by atoms with Crippen LogP contribution in [0.4, 0.5) is 5.69 Å². The fraction of sp³-hybridized carbons (Fsp3) is 0.211. The number of sulfonamides is 1. The Kier molecular flexibility index (Phi) is 5.87. The molecule has 0 fully saturated rings. The molecule has 0 saturated carbocycles. The first kappa shape index (κ1) is 20.5. The molecule has 0 spiro atoms. The van der Waals surface area contributed by atoms with Crippen LogP contribution in [-0.2, 0) is 16.6 Å². The monoisotopic (exact) mass is 436 g/mol. The van der Waals surface area contributed by atoms with Gasteiger partial charge in [0.25, 0.3) is 0 Å². The van der Waals surface area contributed by atoms with Gasteiger partial charge in [-0.05, 0) is 24.6 Å². The van der Waals surface area contributed by atoms with Gasteiger partial charge in [-0.1, -0.05) is 48.3 Å². The molecule has 0 radical (unpaired) electrons. The van der Waals surface area contributed by atoms with E-state index in [1.165, 1.54) is 12.1 Å². The highest BCUT2D eigenvalue weighted by Crippen LogP contribution is 2.31. The number of aromatic nitrogens is 1. The summed E-state index contributed by atoms with van der Waals surface area (Å²) < 4.78 is 30.3. The average molecular weight is 437 g/mol. The predicted molar refractivity (Wildman–Crippen MR) is 112 cm³/mol. The molecule has 9 heteroatoms. The minimum absolute atomic E-state index is 0.0157. The van der Waals surface area contributed by atoms with Crippen molar-refractivity contribution in [2.45, 2.75) is 30.8 Å². The molecule has 0 bridgehead atoms. The first-order chi connectivity index (χ1) is 13.3. The van der Waals surface area contributed by atoms with E-state index in [0.717, 1.165) is 10.9 Å². The second-order valence-electron chi connectivity index (χ2n) is 6.36. The number of nitrogens with one attached hydrogen (secondary N) is 1. The van der Waals surface area contributed by atoms with Crippen LogP contribution in [0.1, 0.15) is 18.9 Å². The van der Waals surface area contributed by atoms with E-state index in [1.807, 2.05) is 35.8 Å². The van der Waals surface area contributed by atoms with Crippen LogP contribution in [0.3, 0.4) is 0 Å². The van der Waals surface area contributed by atoms with E-state index in [-0.39, 0.29) is 20.6 Å². The zero-order valence-corrected chi connectivity index (χ0v) is 17.3. The van der Waals surface area contributed by atoms with E-state index in [0.29, 0.717) is 18.5 Å². The highest BCUT2D eigenvalue weighted by atomic mass is 35.5. The third-order valence-corrected chi connectivity index (χ3v) is 6.71. The Hall–Kier alpha value is -2.24. The standard InChI is InChI=1S/C19H18Cl2N4O2S/c1-2-14(11-25-10-12(9-22)15-5-3-4-6-18(15)25)24-28(26,27)19-16(21)7-13(20)8-17(19)23/h3-8,10,14,24H,2,11,23H2,1H3. The lowest BCUT2D eigenvalue weighted by atomic mass is 10.2. The number of nitrogens with zero attached hydrogens (tertiary/aromatic N) is 2. The second kappa shape index (κ2) is 8.02. The average Bonchev–Trinajstić information content (AvgIpc) is 2.97. The molecule has 2 aromatic carbocycles. The number of nitriles is 1. The van der Waals surface area contributed by atoms with Crippen LogP contribution in [0.15, 0.2) is 47.5 Å². The largest absolute Gasteiger partial charge is 0.398 e. The molecule has 1 unspecified atom stereocenters. The highest BCUT2D eigenvalue weighted by molar-refractivity contribution is 7.89. The summed E-state index contributed by atoms with van der Waals surface area (Å²) in [6.45, 7) is 2.22. The number of hydrogen-bond acceptors (Lipinski definition) is 4. The number of nitrogens with two attached hydrogens (primary N) is 1. The molecule has 0 aliphatic rings. The molecule has 0 saturated heterocycles. The summed E-state index contributed by atoms with van der Waals surface area (Å²) in [6, 6.07) is 11.9. The van der Waals surface area contributed by atoms with E-state index in [1.54, 1.807) is 6.20 Å². The van der Waals surface area contributed by atoms with Crippen molar-refractivity contribution in [3.63, 3.8) is 0 Å². The fourth-order valence-corrected chi connectivity index (χ4v) is 5.41. The van der Waals surface area contributed by atoms with Crippen molar-refractivity contribution in [1.82, 2.24) is 9.29 Å². The van der Waals surface area contributed by atoms with Crippen LogP contribution in [0.2, 0.25) is 10.0 Å². The van der Waals surface area contributed by atoms with Gasteiger partial charge in [0.2, 0.25) is 10.0 Å². The first-order valence-corrected chi connectivity index (χ1v) is 10.8. The molecular weight excluding hydrogens is 419 g/mol. The second-order valence-corrected chi connectivity index (χ2v) is 8.85. The zero-order valence-electron chi connectivity index (χ0n) is 15.0. The van der Waals surface area contributed by atoms with Crippen LogP contribution < -0.4 is 10.5 Å². The molecule has 3 rings (SSSR count). The van der Waals surface area contributed by atoms with Gasteiger partial charge in [0.1, 0.15) is 11.0 Å². The molecule has 3 aromatic rings. The number of rotatable bonds is 6. The Morgan fingerprint density at radius 1 is 1.29 bits per heavy atom. The van der Waals surface area contributed by atoms with E-state index in [9.17, 15) is 13.7 Å². The van der Waals surface area contributed by atoms with Crippen LogP contribution >= 0.6 is 23.2 Å². The number of hydrogen-bond donors (Lipinski definition) is 2. The Balaban J connectivity index is 1.93. The third-order valence-electron chi connectivity index (χ3n) is 4.45. The van der Waals surface area contributed by atoms with Crippen LogP contribution in [-0.4, -0.2) is 19.0 Å². The lowest BCUT2D eigenvalue weighted by Crippen LogP contribution is -2.37. The molecule has 6 nitrogen and oxygen atoms in total. The molecule has 28 heavy (non-hydrogen) atoms. The summed E-state index contributed by atoms with van der Waals surface area (Å²) in [7, 11) is -3.97. The third kappa shape index (κ3) is 3.96. The van der Waals surface area contributed by atoms with E-state index in [4.69, 9.17) is 28.9 Å². The molecule has 0 amide bonds. The van der Waals surface area contributed by atoms with E-state index in [2.05, 4.69) is 10.8 Å². The first-order valence-electron chi connectivity index (χ1n) is 8.51. The van der Waals surface area contributed by atoms with Crippen molar-refractivity contribution in [2.75, 3.05) is 5.73 Å². The van der Waals surface area contributed by atoms with Gasteiger partial charge in [-0.15, -0.1) is 0 Å². The summed E-state index contributed by atoms with van der Waals surface area (Å²) in [5.74, 6) is 0. The Bertz CT molecular complexity index is 1160. The van der Waals surface area contributed by atoms with E-state index < -0.39 is 16.1 Å². The maximum absolute atomic E-state index is 12.9. The lowest BCUT2D eigenvalue weighted by Gasteiger charge is -2.20. The van der Waals surface area contributed by atoms with Crippen molar-refractivity contribution < 1.29 is 8.42 Å². The Morgan fingerprint density at radius 3 is 2.64 bits per heavy atom. The Labute approximate surface area is 173 Å². The summed E-state index contributed by atoms with van der Waals surface area (Å²) in [5, 5.41) is 10.4. The summed E-state index contributed by atoms with van der Waals surface area (Å²) >= 11 is 12.0.